The Balaban J connectivity index is 2.17. The first-order chi connectivity index (χ1) is 9.78. The van der Waals surface area contributed by atoms with E-state index in [4.69, 9.17) is 0 Å². The molecule has 3 heteroatoms. The topological polar surface area (TPSA) is 39.1 Å². The van der Waals surface area contributed by atoms with Gasteiger partial charge in [0.2, 0.25) is 0 Å². The summed E-state index contributed by atoms with van der Waals surface area (Å²) in [4.78, 5) is 2.40. The summed E-state index contributed by atoms with van der Waals surface area (Å²) in [5.74, 6) is 0.856. The standard InChI is InChI=1S/C17H25N3/c1-3-14-5-4-9-20(10-8-14)17-7-6-15(13-19-2)11-16(17)12-18/h6-7,11,14,19H,3-5,8-10,13H2,1-2H3. The lowest BCUT2D eigenvalue weighted by Gasteiger charge is -2.24. The van der Waals surface area contributed by atoms with Gasteiger partial charge < -0.3 is 10.2 Å². The monoisotopic (exact) mass is 271 g/mol. The zero-order valence-electron chi connectivity index (χ0n) is 12.7. The van der Waals surface area contributed by atoms with Crippen LogP contribution in [-0.4, -0.2) is 20.1 Å². The summed E-state index contributed by atoms with van der Waals surface area (Å²) < 4.78 is 0. The molecular formula is C17H25N3. The smallest absolute Gasteiger partial charge is 0.101 e. The van der Waals surface area contributed by atoms with Crippen LogP contribution in [0.2, 0.25) is 0 Å². The fourth-order valence-electron chi connectivity index (χ4n) is 3.08. The molecule has 0 aliphatic carbocycles. The molecule has 1 aromatic carbocycles. The average molecular weight is 271 g/mol. The summed E-state index contributed by atoms with van der Waals surface area (Å²) >= 11 is 0. The molecule has 108 valence electrons. The van der Waals surface area contributed by atoms with Gasteiger partial charge in [-0.1, -0.05) is 19.4 Å². The second kappa shape index (κ2) is 7.31. The molecule has 0 bridgehead atoms. The molecule has 1 fully saturated rings. The molecule has 3 nitrogen and oxygen atoms in total. The SMILES string of the molecule is CCC1CCCN(c2ccc(CNC)cc2C#N)CC1. The number of nitriles is 1. The number of anilines is 1. The largest absolute Gasteiger partial charge is 0.370 e. The first kappa shape index (κ1) is 14.9. The van der Waals surface area contributed by atoms with Gasteiger partial charge in [0.05, 0.1) is 11.3 Å². The molecular weight excluding hydrogens is 246 g/mol. The maximum Gasteiger partial charge on any atom is 0.101 e. The van der Waals surface area contributed by atoms with Crippen molar-refractivity contribution in [3.63, 3.8) is 0 Å². The van der Waals surface area contributed by atoms with Crippen LogP contribution in [0.3, 0.4) is 0 Å². The highest BCUT2D eigenvalue weighted by Gasteiger charge is 2.18. The van der Waals surface area contributed by atoms with Crippen LogP contribution < -0.4 is 10.2 Å². The molecule has 0 amide bonds. The van der Waals surface area contributed by atoms with Crippen molar-refractivity contribution in [2.24, 2.45) is 5.92 Å². The number of benzene rings is 1. The van der Waals surface area contributed by atoms with Gasteiger partial charge in [0.25, 0.3) is 0 Å². The Morgan fingerprint density at radius 3 is 2.90 bits per heavy atom. The van der Waals surface area contributed by atoms with Gasteiger partial charge in [-0.05, 0) is 49.9 Å². The van der Waals surface area contributed by atoms with E-state index in [9.17, 15) is 5.26 Å². The molecule has 20 heavy (non-hydrogen) atoms. The van der Waals surface area contributed by atoms with Gasteiger partial charge in [0.1, 0.15) is 6.07 Å². The molecule has 0 saturated carbocycles. The van der Waals surface area contributed by atoms with Crippen molar-refractivity contribution in [1.82, 2.24) is 5.32 Å². The van der Waals surface area contributed by atoms with Gasteiger partial charge in [0.15, 0.2) is 0 Å². The van der Waals surface area contributed by atoms with Crippen LogP contribution >= 0.6 is 0 Å². The number of nitrogens with one attached hydrogen (secondary N) is 1. The van der Waals surface area contributed by atoms with Crippen LogP contribution in [0, 0.1) is 17.2 Å². The van der Waals surface area contributed by atoms with E-state index in [-0.39, 0.29) is 0 Å². The highest BCUT2D eigenvalue weighted by molar-refractivity contribution is 5.60. The van der Waals surface area contributed by atoms with Crippen LogP contribution in [0.15, 0.2) is 18.2 Å². The van der Waals surface area contributed by atoms with Crippen LogP contribution in [0.1, 0.15) is 43.7 Å². The fourth-order valence-corrected chi connectivity index (χ4v) is 3.08. The van der Waals surface area contributed by atoms with E-state index in [1.807, 2.05) is 13.1 Å². The molecule has 2 rings (SSSR count). The van der Waals surface area contributed by atoms with E-state index in [1.54, 1.807) is 0 Å². The average Bonchev–Trinajstić information content (AvgIpc) is 2.73. The van der Waals surface area contributed by atoms with Crippen molar-refractivity contribution in [1.29, 1.82) is 5.26 Å². The molecule has 1 heterocycles. The molecule has 1 aliphatic heterocycles. The number of rotatable bonds is 4. The van der Waals surface area contributed by atoms with Crippen LogP contribution in [0.4, 0.5) is 5.69 Å². The zero-order valence-corrected chi connectivity index (χ0v) is 12.7. The van der Waals surface area contributed by atoms with E-state index >= 15 is 0 Å². The lowest BCUT2D eigenvalue weighted by molar-refractivity contribution is 0.459. The Bertz CT molecular complexity index is 476. The Kier molecular flexibility index (Phi) is 5.43. The highest BCUT2D eigenvalue weighted by Crippen LogP contribution is 2.27. The Labute approximate surface area is 122 Å². The van der Waals surface area contributed by atoms with E-state index in [1.165, 1.54) is 31.2 Å². The maximum absolute atomic E-state index is 9.41. The molecule has 1 unspecified atom stereocenters. The van der Waals surface area contributed by atoms with Crippen LogP contribution in [0.5, 0.6) is 0 Å². The quantitative estimate of drug-likeness (QED) is 0.913. The van der Waals surface area contributed by atoms with Crippen molar-refractivity contribution < 1.29 is 0 Å². The third-order valence-corrected chi connectivity index (χ3v) is 4.33. The van der Waals surface area contributed by atoms with Crippen molar-refractivity contribution in [3.8, 4) is 6.07 Å². The molecule has 0 radical (unpaired) electrons. The van der Waals surface area contributed by atoms with Gasteiger partial charge in [-0.25, -0.2) is 0 Å². The van der Waals surface area contributed by atoms with Crippen molar-refractivity contribution >= 4 is 5.69 Å². The van der Waals surface area contributed by atoms with Gasteiger partial charge in [-0.2, -0.15) is 5.26 Å². The summed E-state index contributed by atoms with van der Waals surface area (Å²) in [7, 11) is 1.93. The lowest BCUT2D eigenvalue weighted by atomic mass is 9.98. The second-order valence-corrected chi connectivity index (χ2v) is 5.69. The molecule has 1 aliphatic rings. The minimum absolute atomic E-state index is 0.812. The summed E-state index contributed by atoms with van der Waals surface area (Å²) in [6, 6.07) is 8.65. The summed E-state index contributed by atoms with van der Waals surface area (Å²) in [6.45, 7) is 5.26. The van der Waals surface area contributed by atoms with Gasteiger partial charge in [0, 0.05) is 19.6 Å². The fraction of sp³-hybridized carbons (Fsp3) is 0.588. The molecule has 0 aromatic heterocycles. The summed E-state index contributed by atoms with van der Waals surface area (Å²) in [5, 5.41) is 12.5. The van der Waals surface area contributed by atoms with Gasteiger partial charge in [-0.3, -0.25) is 0 Å². The van der Waals surface area contributed by atoms with E-state index in [0.717, 1.165) is 36.8 Å². The van der Waals surface area contributed by atoms with E-state index in [0.29, 0.717) is 0 Å². The normalized spacial score (nSPS) is 19.4. The van der Waals surface area contributed by atoms with Crippen molar-refractivity contribution in [2.75, 3.05) is 25.0 Å². The van der Waals surface area contributed by atoms with Gasteiger partial charge in [-0.15, -0.1) is 0 Å². The summed E-state index contributed by atoms with van der Waals surface area (Å²) in [5.41, 5.74) is 3.10. The number of hydrogen-bond donors (Lipinski definition) is 1. The third kappa shape index (κ3) is 3.52. The first-order valence-corrected chi connectivity index (χ1v) is 7.71. The third-order valence-electron chi connectivity index (χ3n) is 4.33. The molecule has 1 atom stereocenters. The highest BCUT2D eigenvalue weighted by atomic mass is 15.1. The summed E-state index contributed by atoms with van der Waals surface area (Å²) in [6.07, 6.45) is 5.09. The Morgan fingerprint density at radius 2 is 2.20 bits per heavy atom. The first-order valence-electron chi connectivity index (χ1n) is 7.71. The molecule has 1 saturated heterocycles. The Hall–Kier alpha value is -1.53. The predicted molar refractivity (Wildman–Crippen MR) is 83.8 cm³/mol. The van der Waals surface area contributed by atoms with E-state index < -0.39 is 0 Å². The zero-order chi connectivity index (χ0) is 14.4. The predicted octanol–water partition coefficient (Wildman–Crippen LogP) is 3.29. The molecule has 1 N–H and O–H groups in total. The van der Waals surface area contributed by atoms with E-state index in [2.05, 4.69) is 35.3 Å². The van der Waals surface area contributed by atoms with Crippen molar-refractivity contribution in [2.45, 2.75) is 39.2 Å². The van der Waals surface area contributed by atoms with Crippen LogP contribution in [-0.2, 0) is 6.54 Å². The van der Waals surface area contributed by atoms with Crippen molar-refractivity contribution in [3.05, 3.63) is 29.3 Å². The number of hydrogen-bond acceptors (Lipinski definition) is 3. The molecule has 0 spiro atoms. The lowest BCUT2D eigenvalue weighted by Crippen LogP contribution is -2.25. The molecule has 1 aromatic rings. The maximum atomic E-state index is 9.41. The minimum Gasteiger partial charge on any atom is -0.370 e. The Morgan fingerprint density at radius 1 is 1.35 bits per heavy atom. The van der Waals surface area contributed by atoms with Crippen LogP contribution in [0.25, 0.3) is 0 Å². The minimum atomic E-state index is 0.812. The number of nitrogens with zero attached hydrogens (tertiary/aromatic N) is 2. The van der Waals surface area contributed by atoms with Gasteiger partial charge >= 0.3 is 0 Å². The second-order valence-electron chi connectivity index (χ2n) is 5.69.